The molecule has 196 valence electrons. The molecule has 4 aromatic rings. The lowest BCUT2D eigenvalue weighted by atomic mass is 9.94. The molecule has 0 fully saturated rings. The summed E-state index contributed by atoms with van der Waals surface area (Å²) in [6.45, 7) is 3.03. The van der Waals surface area contributed by atoms with Gasteiger partial charge >= 0.3 is 6.09 Å². The van der Waals surface area contributed by atoms with Crippen LogP contribution in [0.1, 0.15) is 36.8 Å². The number of carbonyl (C=O) groups is 1. The van der Waals surface area contributed by atoms with Crippen molar-refractivity contribution in [2.24, 2.45) is 7.05 Å². The number of fused-ring (bicyclic) bond motifs is 1. The minimum atomic E-state index is -1.36. The molecule has 0 bridgehead atoms. The van der Waals surface area contributed by atoms with Crippen molar-refractivity contribution >= 4 is 34.4 Å². The minimum absolute atomic E-state index is 0.117. The largest absolute Gasteiger partial charge is 0.465 e. The van der Waals surface area contributed by atoms with Crippen molar-refractivity contribution in [3.8, 4) is 23.0 Å². The highest BCUT2D eigenvalue weighted by Crippen LogP contribution is 2.38. The van der Waals surface area contributed by atoms with Gasteiger partial charge in [-0.2, -0.15) is 5.10 Å². The summed E-state index contributed by atoms with van der Waals surface area (Å²) in [7, 11) is 1.69. The Kier molecular flexibility index (Phi) is 7.26. The van der Waals surface area contributed by atoms with Crippen LogP contribution in [-0.2, 0) is 13.5 Å². The molecule has 8 nitrogen and oxygen atoms in total. The van der Waals surface area contributed by atoms with Crippen molar-refractivity contribution in [3.63, 3.8) is 0 Å². The van der Waals surface area contributed by atoms with Gasteiger partial charge in [-0.1, -0.05) is 23.6 Å². The van der Waals surface area contributed by atoms with Gasteiger partial charge in [0.1, 0.15) is 22.9 Å². The van der Waals surface area contributed by atoms with Gasteiger partial charge in [0.05, 0.1) is 27.7 Å². The van der Waals surface area contributed by atoms with Crippen LogP contribution >= 0.6 is 11.6 Å². The minimum Gasteiger partial charge on any atom is -0.465 e. The topological polar surface area (TPSA) is 126 Å². The molecule has 0 radical (unpaired) electrons. The number of anilines is 1. The lowest BCUT2D eigenvalue weighted by Gasteiger charge is -2.21. The van der Waals surface area contributed by atoms with Crippen molar-refractivity contribution in [2.45, 2.75) is 31.9 Å². The van der Waals surface area contributed by atoms with Crippen molar-refractivity contribution in [1.82, 2.24) is 20.1 Å². The molecule has 0 aliphatic rings. The molecule has 5 N–H and O–H groups in total. The number of halogens is 3. The summed E-state index contributed by atoms with van der Waals surface area (Å²) in [6.07, 6.45) is -1.48. The number of amides is 1. The first kappa shape index (κ1) is 26.9. The second-order valence-corrected chi connectivity index (χ2v) is 9.66. The quantitative estimate of drug-likeness (QED) is 0.269. The third-order valence-electron chi connectivity index (χ3n) is 5.67. The molecule has 0 saturated heterocycles. The first-order chi connectivity index (χ1) is 17.8. The molecule has 4 rings (SSSR count). The lowest BCUT2D eigenvalue weighted by Crippen LogP contribution is -2.30. The molecule has 2 aromatic heterocycles. The van der Waals surface area contributed by atoms with Gasteiger partial charge in [-0.25, -0.2) is 18.6 Å². The van der Waals surface area contributed by atoms with Gasteiger partial charge in [0.15, 0.2) is 5.82 Å². The van der Waals surface area contributed by atoms with E-state index in [0.29, 0.717) is 27.1 Å². The molecule has 38 heavy (non-hydrogen) atoms. The molecular formula is C27H24ClF2N5O3. The number of hydrogen-bond acceptors (Lipinski definition) is 5. The number of hydrogen-bond donors (Lipinski definition) is 4. The van der Waals surface area contributed by atoms with Crippen molar-refractivity contribution in [1.29, 1.82) is 0 Å². The van der Waals surface area contributed by atoms with E-state index in [1.54, 1.807) is 36.0 Å². The van der Waals surface area contributed by atoms with Gasteiger partial charge in [-0.05, 0) is 62.1 Å². The van der Waals surface area contributed by atoms with Crippen LogP contribution in [0.15, 0.2) is 42.5 Å². The molecule has 1 unspecified atom stereocenters. The smallest absolute Gasteiger partial charge is 0.405 e. The molecule has 0 spiro atoms. The number of aryl methyl sites for hydroxylation is 1. The summed E-state index contributed by atoms with van der Waals surface area (Å²) in [6, 6.07) is 8.64. The molecule has 2 aromatic carbocycles. The number of nitrogens with one attached hydrogen (secondary N) is 1. The molecule has 2 heterocycles. The summed E-state index contributed by atoms with van der Waals surface area (Å²) in [5, 5.41) is 27.2. The van der Waals surface area contributed by atoms with E-state index >= 15 is 0 Å². The molecule has 0 aliphatic carbocycles. The zero-order chi connectivity index (χ0) is 27.8. The van der Waals surface area contributed by atoms with Gasteiger partial charge in [0.25, 0.3) is 0 Å². The van der Waals surface area contributed by atoms with Crippen LogP contribution in [0.3, 0.4) is 0 Å². The van der Waals surface area contributed by atoms with Crippen LogP contribution in [0.5, 0.6) is 0 Å². The number of nitrogen functional groups attached to an aromatic ring is 1. The maximum atomic E-state index is 14.0. The number of rotatable bonds is 5. The number of aromatic nitrogens is 3. The van der Waals surface area contributed by atoms with Crippen LogP contribution in [0.25, 0.3) is 22.0 Å². The Morgan fingerprint density at radius 3 is 2.47 bits per heavy atom. The lowest BCUT2D eigenvalue weighted by molar-refractivity contribution is 0.143. The van der Waals surface area contributed by atoms with E-state index in [4.69, 9.17) is 17.3 Å². The second-order valence-electron chi connectivity index (χ2n) is 9.25. The van der Waals surface area contributed by atoms with Crippen LogP contribution in [0, 0.1) is 23.5 Å². The zero-order valence-corrected chi connectivity index (χ0v) is 21.4. The number of nitrogens with two attached hydrogens (primary N) is 1. The van der Waals surface area contributed by atoms with E-state index < -0.39 is 29.4 Å². The maximum Gasteiger partial charge on any atom is 0.405 e. The average molecular weight is 540 g/mol. The Balaban J connectivity index is 1.98. The number of pyridine rings is 1. The van der Waals surface area contributed by atoms with Crippen LogP contribution < -0.4 is 11.1 Å². The van der Waals surface area contributed by atoms with Gasteiger partial charge in [0, 0.05) is 24.2 Å². The summed E-state index contributed by atoms with van der Waals surface area (Å²) in [4.78, 5) is 16.4. The first-order valence-electron chi connectivity index (χ1n) is 11.4. The standard InChI is InChI=1S/C27H24ClF2N5O3/c1-27(2,38)9-8-17-4-5-18(19-6-7-20(28)22-24(19)35(3)34-25(22)31)23(32-17)21(33-26(36)37)12-14-10-15(29)13-16(30)11-14/h4-7,10-11,13,21,33,38H,12H2,1-3H3,(H2,31,34)(H,36,37). The summed E-state index contributed by atoms with van der Waals surface area (Å²) < 4.78 is 29.5. The fourth-order valence-corrected chi connectivity index (χ4v) is 4.46. The molecule has 11 heteroatoms. The summed E-state index contributed by atoms with van der Waals surface area (Å²) in [5.74, 6) is 4.09. The monoisotopic (exact) mass is 539 g/mol. The van der Waals surface area contributed by atoms with Gasteiger partial charge in [-0.15, -0.1) is 0 Å². The first-order valence-corrected chi connectivity index (χ1v) is 11.8. The average Bonchev–Trinajstić information content (AvgIpc) is 3.11. The Hall–Kier alpha value is -4.20. The van der Waals surface area contributed by atoms with Gasteiger partial charge in [-0.3, -0.25) is 4.68 Å². The summed E-state index contributed by atoms with van der Waals surface area (Å²) in [5.41, 5.74) is 7.18. The Bertz CT molecular complexity index is 1600. The number of aliphatic hydroxyl groups is 1. The predicted molar refractivity (Wildman–Crippen MR) is 141 cm³/mol. The van der Waals surface area contributed by atoms with Crippen LogP contribution in [-0.4, -0.2) is 36.7 Å². The number of nitrogens with zero attached hydrogens (tertiary/aromatic N) is 3. The SMILES string of the molecule is Cn1nc(N)c2c(Cl)ccc(-c3ccc(C#CC(C)(C)O)nc3C(Cc3cc(F)cc(F)c3)NC(=O)O)c21. The fourth-order valence-electron chi connectivity index (χ4n) is 4.21. The summed E-state index contributed by atoms with van der Waals surface area (Å²) >= 11 is 6.40. The van der Waals surface area contributed by atoms with Gasteiger partial charge < -0.3 is 21.3 Å². The molecule has 1 amide bonds. The fraction of sp³-hybridized carbons (Fsp3) is 0.222. The van der Waals surface area contributed by atoms with Crippen LogP contribution in [0.2, 0.25) is 5.02 Å². The highest BCUT2D eigenvalue weighted by atomic mass is 35.5. The molecule has 1 atom stereocenters. The van der Waals surface area contributed by atoms with E-state index in [0.717, 1.165) is 18.2 Å². The van der Waals surface area contributed by atoms with E-state index in [-0.39, 0.29) is 29.2 Å². The predicted octanol–water partition coefficient (Wildman–Crippen LogP) is 4.82. The highest BCUT2D eigenvalue weighted by molar-refractivity contribution is 6.37. The Morgan fingerprint density at radius 2 is 1.84 bits per heavy atom. The van der Waals surface area contributed by atoms with E-state index in [1.807, 2.05) is 0 Å². The molecule has 0 saturated carbocycles. The zero-order valence-electron chi connectivity index (χ0n) is 20.7. The Labute approximate surface area is 222 Å². The van der Waals surface area contributed by atoms with Crippen molar-refractivity contribution in [3.05, 3.63) is 76.1 Å². The molecule has 0 aliphatic heterocycles. The van der Waals surface area contributed by atoms with E-state index in [2.05, 4.69) is 27.2 Å². The number of carboxylic acid groups (broad SMARTS) is 1. The van der Waals surface area contributed by atoms with E-state index in [1.165, 1.54) is 13.8 Å². The third kappa shape index (κ3) is 5.85. The highest BCUT2D eigenvalue weighted by Gasteiger charge is 2.25. The maximum absolute atomic E-state index is 14.0. The second kappa shape index (κ2) is 10.3. The third-order valence-corrected chi connectivity index (χ3v) is 5.98. The normalized spacial score (nSPS) is 12.2. The van der Waals surface area contributed by atoms with E-state index in [9.17, 15) is 23.8 Å². The van der Waals surface area contributed by atoms with Crippen molar-refractivity contribution in [2.75, 3.05) is 5.73 Å². The van der Waals surface area contributed by atoms with Crippen LogP contribution in [0.4, 0.5) is 19.4 Å². The number of benzene rings is 2. The molecular weight excluding hydrogens is 516 g/mol. The Morgan fingerprint density at radius 1 is 1.18 bits per heavy atom. The van der Waals surface area contributed by atoms with Gasteiger partial charge in [0.2, 0.25) is 0 Å². The van der Waals surface area contributed by atoms with Crippen molar-refractivity contribution < 1.29 is 23.8 Å².